The molecule has 9 heteroatoms. The number of carbonyl (C=O) groups excluding carboxylic acids is 4. The number of hydrogen-bond donors (Lipinski definition) is 4. The van der Waals surface area contributed by atoms with Crippen molar-refractivity contribution >= 4 is 25.1 Å². The van der Waals surface area contributed by atoms with E-state index in [9.17, 15) is 19.2 Å². The summed E-state index contributed by atoms with van der Waals surface area (Å²) in [6, 6.07) is 0. The molecule has 0 saturated carbocycles. The van der Waals surface area contributed by atoms with Crippen LogP contribution in [0.4, 0.5) is 0 Å². The predicted molar refractivity (Wildman–Crippen MR) is 89.4 cm³/mol. The summed E-state index contributed by atoms with van der Waals surface area (Å²) in [7, 11) is 0. The Kier molecular flexibility index (Phi) is 21.8. The van der Waals surface area contributed by atoms with Crippen LogP contribution < -0.4 is 0 Å². The van der Waals surface area contributed by atoms with Crippen molar-refractivity contribution in [3.8, 4) is 0 Å². The minimum atomic E-state index is -1.14. The Morgan fingerprint density at radius 1 is 0.440 bits per heavy atom. The fourth-order valence-electron chi connectivity index (χ4n) is 0. The summed E-state index contributed by atoms with van der Waals surface area (Å²) in [5.41, 5.74) is -4.56. The van der Waals surface area contributed by atoms with Crippen molar-refractivity contribution in [3.63, 3.8) is 0 Å². The summed E-state index contributed by atoms with van der Waals surface area (Å²) < 4.78 is 0. The van der Waals surface area contributed by atoms with Crippen molar-refractivity contribution in [3.05, 3.63) is 0 Å². The van der Waals surface area contributed by atoms with Crippen LogP contribution in [0.15, 0.2) is 0 Å². The zero-order valence-electron chi connectivity index (χ0n) is 16.1. The van der Waals surface area contributed by atoms with Crippen LogP contribution >= 0.6 is 0 Å². The third kappa shape index (κ3) is 83.2. The molecular formula is C16H32O8Re. The molecule has 0 atom stereocenters. The van der Waals surface area contributed by atoms with Crippen LogP contribution in [-0.4, -0.2) is 68.0 Å². The summed E-state index contributed by atoms with van der Waals surface area (Å²) >= 11 is 0. The van der Waals surface area contributed by atoms with Gasteiger partial charge in [-0.15, -0.1) is 0 Å². The van der Waals surface area contributed by atoms with Gasteiger partial charge in [-0.25, -0.2) is 0 Å². The molecule has 8 nitrogen and oxygen atoms in total. The van der Waals surface area contributed by atoms with Gasteiger partial charge in [-0.3, -0.25) is 0 Å². The van der Waals surface area contributed by atoms with E-state index in [1.807, 2.05) is 0 Å². The van der Waals surface area contributed by atoms with Crippen molar-refractivity contribution in [1.82, 2.24) is 0 Å². The molecule has 0 rings (SSSR count). The van der Waals surface area contributed by atoms with E-state index >= 15 is 0 Å². The van der Waals surface area contributed by atoms with Crippen LogP contribution in [0.3, 0.4) is 0 Å². The Hall–Kier alpha value is -0.818. The third-order valence-corrected chi connectivity index (χ3v) is 1.15. The van der Waals surface area contributed by atoms with Gasteiger partial charge >= 0.3 is 0 Å². The average molecular weight is 539 g/mol. The maximum absolute atomic E-state index is 9.58. The Balaban J connectivity index is -0.0000000702. The number of aldehydes is 4. The van der Waals surface area contributed by atoms with Gasteiger partial charge in [-0.2, -0.15) is 0 Å². The topological polar surface area (TPSA) is 149 Å². The van der Waals surface area contributed by atoms with E-state index in [4.69, 9.17) is 20.4 Å². The van der Waals surface area contributed by atoms with Crippen LogP contribution in [0.25, 0.3) is 0 Å². The van der Waals surface area contributed by atoms with Crippen LogP contribution in [0, 0.1) is 0 Å². The molecule has 0 aromatic heterocycles. The Labute approximate surface area is 163 Å². The fraction of sp³-hybridized carbons (Fsp3) is 0.750. The van der Waals surface area contributed by atoms with E-state index in [1.54, 1.807) is 0 Å². The molecule has 0 unspecified atom stereocenters. The molecule has 0 heterocycles. The summed E-state index contributed by atoms with van der Waals surface area (Å²) in [6.45, 7) is 11.4. The molecule has 0 aliphatic rings. The van der Waals surface area contributed by atoms with Crippen molar-refractivity contribution in [2.75, 3.05) is 0 Å². The first-order chi connectivity index (χ1) is 10.2. The molecule has 4 N–H and O–H groups in total. The van der Waals surface area contributed by atoms with Crippen LogP contribution in [0.1, 0.15) is 55.4 Å². The summed E-state index contributed by atoms with van der Waals surface area (Å²) in [6.07, 6.45) is 1.97. The van der Waals surface area contributed by atoms with E-state index in [0.29, 0.717) is 25.1 Å². The first kappa shape index (κ1) is 35.3. The molecular weight excluding hydrogens is 506 g/mol. The van der Waals surface area contributed by atoms with Gasteiger partial charge < -0.3 is 39.6 Å². The molecule has 0 aromatic carbocycles. The quantitative estimate of drug-likeness (QED) is 0.360. The largest absolute Gasteiger partial charge is 0.383 e. The normalized spacial score (nSPS) is 10.7. The average Bonchev–Trinajstić information content (AvgIpc) is 2.37. The number of rotatable bonds is 4. The van der Waals surface area contributed by atoms with E-state index in [-0.39, 0.29) is 20.4 Å². The molecule has 151 valence electrons. The second-order valence-electron chi connectivity index (χ2n) is 7.09. The van der Waals surface area contributed by atoms with Gasteiger partial charge in [0, 0.05) is 20.4 Å². The molecule has 1 radical (unpaired) electrons. The number of hydrogen-bond acceptors (Lipinski definition) is 8. The predicted octanol–water partition coefficient (Wildman–Crippen LogP) is -0.178. The van der Waals surface area contributed by atoms with E-state index in [1.165, 1.54) is 55.4 Å². The van der Waals surface area contributed by atoms with Crippen molar-refractivity contribution in [2.24, 2.45) is 0 Å². The van der Waals surface area contributed by atoms with E-state index in [2.05, 4.69) is 0 Å². The van der Waals surface area contributed by atoms with Gasteiger partial charge in [-0.05, 0) is 55.4 Å². The Morgan fingerprint density at radius 3 is 0.480 bits per heavy atom. The van der Waals surface area contributed by atoms with Gasteiger partial charge in [-0.1, -0.05) is 0 Å². The minimum absolute atomic E-state index is 0. The maximum Gasteiger partial charge on any atom is 0.150 e. The van der Waals surface area contributed by atoms with E-state index in [0.717, 1.165) is 0 Å². The molecule has 0 bridgehead atoms. The van der Waals surface area contributed by atoms with Gasteiger partial charge in [0.1, 0.15) is 22.4 Å². The Bertz CT molecular complexity index is 282. The summed E-state index contributed by atoms with van der Waals surface area (Å²) in [5.74, 6) is 0. The second kappa shape index (κ2) is 15.4. The van der Waals surface area contributed by atoms with Gasteiger partial charge in [0.15, 0.2) is 25.1 Å². The number of carbonyl (C=O) groups is 4. The van der Waals surface area contributed by atoms with Gasteiger partial charge in [0.2, 0.25) is 0 Å². The van der Waals surface area contributed by atoms with Crippen LogP contribution in [0.5, 0.6) is 0 Å². The zero-order valence-corrected chi connectivity index (χ0v) is 18.8. The monoisotopic (exact) mass is 539 g/mol. The first-order valence-electron chi connectivity index (χ1n) is 6.99. The van der Waals surface area contributed by atoms with Crippen LogP contribution in [0.2, 0.25) is 0 Å². The standard InChI is InChI=1S/4C4H8O2.Re/c4*1-4(2,6)3-5;/h4*3,6H,1-2H3;. The van der Waals surface area contributed by atoms with Crippen molar-refractivity contribution in [2.45, 2.75) is 77.8 Å². The summed E-state index contributed by atoms with van der Waals surface area (Å²) in [5, 5.41) is 33.8. The smallest absolute Gasteiger partial charge is 0.150 e. The van der Waals surface area contributed by atoms with Crippen LogP contribution in [-0.2, 0) is 39.6 Å². The van der Waals surface area contributed by atoms with Gasteiger partial charge in [0.25, 0.3) is 0 Å². The SMILES string of the molecule is CC(C)(O)C=O.CC(C)(O)C=O.CC(C)(O)C=O.CC(C)(O)C=O.[Re]. The van der Waals surface area contributed by atoms with Crippen molar-refractivity contribution in [1.29, 1.82) is 0 Å². The molecule has 0 aromatic rings. The van der Waals surface area contributed by atoms with E-state index < -0.39 is 22.4 Å². The first-order valence-corrected chi connectivity index (χ1v) is 6.99. The molecule has 0 saturated heterocycles. The number of aliphatic hydroxyl groups is 4. The maximum atomic E-state index is 9.58. The zero-order chi connectivity index (χ0) is 20.8. The molecule has 0 amide bonds. The Morgan fingerprint density at radius 2 is 0.480 bits per heavy atom. The second-order valence-corrected chi connectivity index (χ2v) is 7.09. The molecule has 0 spiro atoms. The molecule has 0 aliphatic heterocycles. The van der Waals surface area contributed by atoms with Crippen molar-refractivity contribution < 1.29 is 60.0 Å². The third-order valence-electron chi connectivity index (χ3n) is 1.15. The minimum Gasteiger partial charge on any atom is -0.383 e. The van der Waals surface area contributed by atoms with Gasteiger partial charge in [0.05, 0.1) is 0 Å². The fourth-order valence-corrected chi connectivity index (χ4v) is 0. The molecule has 25 heavy (non-hydrogen) atoms. The molecule has 0 aliphatic carbocycles. The molecule has 0 fully saturated rings. The summed E-state index contributed by atoms with van der Waals surface area (Å²) in [4.78, 5) is 38.3.